The van der Waals surface area contributed by atoms with E-state index in [2.05, 4.69) is 19.9 Å². The van der Waals surface area contributed by atoms with Gasteiger partial charge in [-0.15, -0.1) is 5.10 Å². The van der Waals surface area contributed by atoms with E-state index in [0.717, 1.165) is 5.56 Å². The van der Waals surface area contributed by atoms with Gasteiger partial charge in [0.25, 0.3) is 5.91 Å². The smallest absolute Gasteiger partial charge is 0.325 e. The molecule has 0 saturated carbocycles. The van der Waals surface area contributed by atoms with Gasteiger partial charge in [0.2, 0.25) is 5.82 Å². The summed E-state index contributed by atoms with van der Waals surface area (Å²) in [5, 5.41) is 6.44. The highest BCUT2D eigenvalue weighted by molar-refractivity contribution is 5.92. The van der Waals surface area contributed by atoms with Crippen molar-refractivity contribution in [2.24, 2.45) is 0 Å². The van der Waals surface area contributed by atoms with Crippen LogP contribution in [0.4, 0.5) is 0 Å². The summed E-state index contributed by atoms with van der Waals surface area (Å²) >= 11 is 0. The zero-order valence-corrected chi connectivity index (χ0v) is 11.9. The Morgan fingerprint density at radius 3 is 2.57 bits per heavy atom. The van der Waals surface area contributed by atoms with Crippen LogP contribution in [0.2, 0.25) is 0 Å². The predicted octanol–water partition coefficient (Wildman–Crippen LogP) is 0.929. The zero-order valence-electron chi connectivity index (χ0n) is 11.9. The highest BCUT2D eigenvalue weighted by atomic mass is 16.5. The summed E-state index contributed by atoms with van der Waals surface area (Å²) in [6.45, 7) is 1.83. The average Bonchev–Trinajstić information content (AvgIpc) is 2.93. The van der Waals surface area contributed by atoms with E-state index in [1.165, 1.54) is 12.0 Å². The number of benzene rings is 1. The number of aromatic amines is 1. The number of hydrogen-bond donors (Lipinski definition) is 1. The first-order valence-electron chi connectivity index (χ1n) is 6.39. The van der Waals surface area contributed by atoms with Gasteiger partial charge in [-0.1, -0.05) is 30.3 Å². The lowest BCUT2D eigenvalue weighted by molar-refractivity contribution is -0.141. The number of H-pyrrole nitrogens is 1. The van der Waals surface area contributed by atoms with Gasteiger partial charge in [-0.25, -0.2) is 4.98 Å². The summed E-state index contributed by atoms with van der Waals surface area (Å²) < 4.78 is 4.63. The molecule has 1 aromatic heterocycles. The van der Waals surface area contributed by atoms with Crippen molar-refractivity contribution < 1.29 is 14.3 Å². The average molecular weight is 288 g/mol. The third-order valence-corrected chi connectivity index (χ3v) is 2.84. The van der Waals surface area contributed by atoms with Crippen molar-refractivity contribution in [3.8, 4) is 0 Å². The highest BCUT2D eigenvalue weighted by Gasteiger charge is 2.22. The lowest BCUT2D eigenvalue weighted by Crippen LogP contribution is -2.36. The van der Waals surface area contributed by atoms with Gasteiger partial charge >= 0.3 is 5.97 Å². The molecule has 110 valence electrons. The number of nitrogens with one attached hydrogen (secondary N) is 1. The monoisotopic (exact) mass is 288 g/mol. The summed E-state index contributed by atoms with van der Waals surface area (Å²) in [4.78, 5) is 29.2. The van der Waals surface area contributed by atoms with Crippen LogP contribution < -0.4 is 0 Å². The maximum atomic E-state index is 12.4. The molecule has 0 radical (unpaired) electrons. The van der Waals surface area contributed by atoms with Gasteiger partial charge in [0.05, 0.1) is 7.11 Å². The van der Waals surface area contributed by atoms with E-state index < -0.39 is 11.9 Å². The Labute approximate surface area is 121 Å². The Morgan fingerprint density at radius 1 is 1.29 bits per heavy atom. The van der Waals surface area contributed by atoms with Crippen molar-refractivity contribution >= 4 is 11.9 Å². The first-order chi connectivity index (χ1) is 10.1. The molecule has 2 rings (SSSR count). The van der Waals surface area contributed by atoms with Crippen LogP contribution >= 0.6 is 0 Å². The summed E-state index contributed by atoms with van der Waals surface area (Å²) in [5.74, 6) is -0.344. The number of carbonyl (C=O) groups is 2. The Bertz CT molecular complexity index is 624. The maximum Gasteiger partial charge on any atom is 0.325 e. The second-order valence-corrected chi connectivity index (χ2v) is 4.47. The van der Waals surface area contributed by atoms with E-state index in [0.29, 0.717) is 5.82 Å². The van der Waals surface area contributed by atoms with Gasteiger partial charge in [0, 0.05) is 6.54 Å². The molecule has 0 saturated heterocycles. The molecule has 1 amide bonds. The quantitative estimate of drug-likeness (QED) is 0.827. The van der Waals surface area contributed by atoms with Gasteiger partial charge in [0.1, 0.15) is 12.4 Å². The summed E-state index contributed by atoms with van der Waals surface area (Å²) in [7, 11) is 1.28. The summed E-state index contributed by atoms with van der Waals surface area (Å²) in [6, 6.07) is 9.37. The topological polar surface area (TPSA) is 88.2 Å². The molecule has 0 atom stereocenters. The Morgan fingerprint density at radius 2 is 2.00 bits per heavy atom. The Hall–Kier alpha value is -2.70. The third-order valence-electron chi connectivity index (χ3n) is 2.84. The molecule has 2 aromatic rings. The largest absolute Gasteiger partial charge is 0.468 e. The van der Waals surface area contributed by atoms with E-state index in [1.54, 1.807) is 6.92 Å². The number of esters is 1. The van der Waals surface area contributed by atoms with Crippen molar-refractivity contribution in [3.63, 3.8) is 0 Å². The first kappa shape index (κ1) is 14.7. The number of aryl methyl sites for hydroxylation is 1. The minimum atomic E-state index is -0.494. The molecule has 0 aliphatic rings. The molecule has 7 heteroatoms. The van der Waals surface area contributed by atoms with E-state index in [-0.39, 0.29) is 18.9 Å². The van der Waals surface area contributed by atoms with Crippen molar-refractivity contribution in [2.75, 3.05) is 13.7 Å². The number of nitrogens with zero attached hydrogens (tertiary/aromatic N) is 3. The molecular formula is C14H16N4O3. The third kappa shape index (κ3) is 3.88. The van der Waals surface area contributed by atoms with Gasteiger partial charge in [-0.3, -0.25) is 14.7 Å². The fourth-order valence-electron chi connectivity index (χ4n) is 1.80. The summed E-state index contributed by atoms with van der Waals surface area (Å²) in [5.41, 5.74) is 0.905. The van der Waals surface area contributed by atoms with Crippen LogP contribution in [0.3, 0.4) is 0 Å². The number of rotatable bonds is 5. The second kappa shape index (κ2) is 6.65. The number of aromatic nitrogens is 3. The molecule has 21 heavy (non-hydrogen) atoms. The van der Waals surface area contributed by atoms with Gasteiger partial charge in [0.15, 0.2) is 0 Å². The SMILES string of the molecule is COC(=O)CN(Cc1ccccc1)C(=O)c1n[nH]c(C)n1. The van der Waals surface area contributed by atoms with Crippen molar-refractivity contribution in [2.45, 2.75) is 13.5 Å². The summed E-state index contributed by atoms with van der Waals surface area (Å²) in [6.07, 6.45) is 0. The van der Waals surface area contributed by atoms with Crippen LogP contribution in [0.25, 0.3) is 0 Å². The van der Waals surface area contributed by atoms with Gasteiger partial charge in [-0.05, 0) is 12.5 Å². The van der Waals surface area contributed by atoms with Crippen LogP contribution in [0, 0.1) is 6.92 Å². The van der Waals surface area contributed by atoms with Crippen LogP contribution in [0.1, 0.15) is 22.0 Å². The Kier molecular flexibility index (Phi) is 4.65. The van der Waals surface area contributed by atoms with Crippen molar-refractivity contribution in [1.82, 2.24) is 20.1 Å². The molecule has 0 aliphatic heterocycles. The van der Waals surface area contributed by atoms with E-state index >= 15 is 0 Å². The number of methoxy groups -OCH3 is 1. The van der Waals surface area contributed by atoms with Crippen LogP contribution in [-0.2, 0) is 16.1 Å². The fourth-order valence-corrected chi connectivity index (χ4v) is 1.80. The zero-order chi connectivity index (χ0) is 15.2. The standard InChI is InChI=1S/C14H16N4O3/c1-10-15-13(17-16-10)14(20)18(9-12(19)21-2)8-11-6-4-3-5-7-11/h3-7H,8-9H2,1-2H3,(H,15,16,17). The van der Waals surface area contributed by atoms with Crippen molar-refractivity contribution in [3.05, 3.63) is 47.5 Å². The number of hydrogen-bond acceptors (Lipinski definition) is 5. The predicted molar refractivity (Wildman–Crippen MR) is 74.3 cm³/mol. The molecule has 1 N–H and O–H groups in total. The van der Waals surface area contributed by atoms with E-state index in [1.807, 2.05) is 30.3 Å². The molecular weight excluding hydrogens is 272 g/mol. The molecule has 0 fully saturated rings. The lowest BCUT2D eigenvalue weighted by atomic mass is 10.2. The molecule has 0 unspecified atom stereocenters. The number of carbonyl (C=O) groups excluding carboxylic acids is 2. The minimum absolute atomic E-state index is 0.0346. The van der Waals surface area contributed by atoms with E-state index in [4.69, 9.17) is 0 Å². The molecule has 1 heterocycles. The number of ether oxygens (including phenoxy) is 1. The number of amides is 1. The molecule has 1 aromatic carbocycles. The maximum absolute atomic E-state index is 12.4. The van der Waals surface area contributed by atoms with Gasteiger partial charge < -0.3 is 9.64 Å². The minimum Gasteiger partial charge on any atom is -0.468 e. The van der Waals surface area contributed by atoms with Gasteiger partial charge in [-0.2, -0.15) is 0 Å². The van der Waals surface area contributed by atoms with Crippen LogP contribution in [0.15, 0.2) is 30.3 Å². The highest BCUT2D eigenvalue weighted by Crippen LogP contribution is 2.08. The fraction of sp³-hybridized carbons (Fsp3) is 0.286. The first-order valence-corrected chi connectivity index (χ1v) is 6.39. The van der Waals surface area contributed by atoms with Crippen molar-refractivity contribution in [1.29, 1.82) is 0 Å². The molecule has 0 spiro atoms. The Balaban J connectivity index is 2.19. The van der Waals surface area contributed by atoms with Crippen LogP contribution in [-0.4, -0.2) is 45.6 Å². The van der Waals surface area contributed by atoms with Crippen LogP contribution in [0.5, 0.6) is 0 Å². The molecule has 7 nitrogen and oxygen atoms in total. The van der Waals surface area contributed by atoms with E-state index in [9.17, 15) is 9.59 Å². The molecule has 0 bridgehead atoms. The lowest BCUT2D eigenvalue weighted by Gasteiger charge is -2.20. The normalized spacial score (nSPS) is 10.2. The second-order valence-electron chi connectivity index (χ2n) is 4.47. The molecule has 0 aliphatic carbocycles.